The first-order valence-corrected chi connectivity index (χ1v) is 11.6. The molecule has 0 amide bonds. The Labute approximate surface area is 211 Å². The van der Waals surface area contributed by atoms with Crippen molar-refractivity contribution in [3.63, 3.8) is 0 Å². The fourth-order valence-electron chi connectivity index (χ4n) is 3.12. The van der Waals surface area contributed by atoms with E-state index in [9.17, 15) is 19.2 Å². The molecule has 0 saturated heterocycles. The number of ether oxygens (including phenoxy) is 6. The molecule has 0 heterocycles. The normalized spacial score (nSPS) is 13.6. The SMILES string of the molecule is COC(=O)[C@](N)(Cc1ccc(OC(=O)OC(C)C)c(OC(=O)OC(C)C)c1)CC(C)OC(=O)C(C)C. The highest BCUT2D eigenvalue weighted by Gasteiger charge is 2.38. The molecular formula is C25H37NO10. The number of methoxy groups -OCH3 is 1. The minimum atomic E-state index is -1.58. The molecule has 0 aliphatic rings. The Morgan fingerprint density at radius 2 is 1.36 bits per heavy atom. The summed E-state index contributed by atoms with van der Waals surface area (Å²) in [5.74, 6) is -1.75. The standard InChI is InChI=1S/C25H37NO10/c1-14(2)21(27)34-17(7)12-25(26,22(28)31-8)13-18-9-10-19(35-23(29)32-15(3)4)20(11-18)36-24(30)33-16(5)6/h9-11,14-17H,12-13,26H2,1-8H3/t17?,25-/m1/s1. The van der Waals surface area contributed by atoms with Crippen molar-refractivity contribution in [2.45, 2.75) is 85.2 Å². The molecule has 0 aromatic heterocycles. The van der Waals surface area contributed by atoms with Gasteiger partial charge >= 0.3 is 24.2 Å². The van der Waals surface area contributed by atoms with Crippen molar-refractivity contribution in [3.8, 4) is 11.5 Å². The first kappa shape index (κ1) is 30.7. The molecule has 0 aliphatic carbocycles. The van der Waals surface area contributed by atoms with Gasteiger partial charge < -0.3 is 34.2 Å². The number of carbonyl (C=O) groups is 4. The van der Waals surface area contributed by atoms with Crippen LogP contribution in [-0.2, 0) is 35.0 Å². The lowest BCUT2D eigenvalue weighted by Gasteiger charge is -2.29. The Hall–Kier alpha value is -3.34. The van der Waals surface area contributed by atoms with E-state index in [-0.39, 0.29) is 30.3 Å². The zero-order chi connectivity index (χ0) is 27.6. The van der Waals surface area contributed by atoms with E-state index in [1.807, 2.05) is 0 Å². The average molecular weight is 512 g/mol. The third kappa shape index (κ3) is 10.1. The third-order valence-electron chi connectivity index (χ3n) is 4.61. The van der Waals surface area contributed by atoms with E-state index < -0.39 is 48.1 Å². The summed E-state index contributed by atoms with van der Waals surface area (Å²) in [7, 11) is 1.20. The molecule has 0 saturated carbocycles. The zero-order valence-electron chi connectivity index (χ0n) is 22.1. The lowest BCUT2D eigenvalue weighted by atomic mass is 9.86. The molecule has 0 aliphatic heterocycles. The van der Waals surface area contributed by atoms with Crippen LogP contribution in [0.1, 0.15) is 60.5 Å². The van der Waals surface area contributed by atoms with E-state index in [0.29, 0.717) is 5.56 Å². The maximum atomic E-state index is 12.6. The zero-order valence-corrected chi connectivity index (χ0v) is 22.1. The number of nitrogens with two attached hydrogens (primary N) is 1. The maximum Gasteiger partial charge on any atom is 0.514 e. The molecule has 2 atom stereocenters. The molecule has 0 spiro atoms. The Balaban J connectivity index is 3.27. The summed E-state index contributed by atoms with van der Waals surface area (Å²) in [6.45, 7) is 11.6. The maximum absolute atomic E-state index is 12.6. The van der Waals surface area contributed by atoms with E-state index in [0.717, 1.165) is 0 Å². The highest BCUT2D eigenvalue weighted by Crippen LogP contribution is 2.32. The Morgan fingerprint density at radius 1 is 0.833 bits per heavy atom. The van der Waals surface area contributed by atoms with Crippen molar-refractivity contribution in [2.75, 3.05) is 7.11 Å². The van der Waals surface area contributed by atoms with E-state index in [2.05, 4.69) is 0 Å². The summed E-state index contributed by atoms with van der Waals surface area (Å²) < 4.78 is 30.7. The number of hydrogen-bond donors (Lipinski definition) is 1. The van der Waals surface area contributed by atoms with Crippen LogP contribution in [0.5, 0.6) is 11.5 Å². The Morgan fingerprint density at radius 3 is 1.83 bits per heavy atom. The number of carbonyl (C=O) groups excluding carboxylic acids is 4. The van der Waals surface area contributed by atoms with Crippen LogP contribution in [-0.4, -0.2) is 55.2 Å². The van der Waals surface area contributed by atoms with Crippen LogP contribution < -0.4 is 15.2 Å². The fraction of sp³-hybridized carbons (Fsp3) is 0.600. The predicted molar refractivity (Wildman–Crippen MR) is 129 cm³/mol. The van der Waals surface area contributed by atoms with Gasteiger partial charge in [-0.3, -0.25) is 9.59 Å². The van der Waals surface area contributed by atoms with E-state index in [1.54, 1.807) is 48.5 Å². The van der Waals surface area contributed by atoms with Crippen molar-refractivity contribution >= 4 is 24.2 Å². The largest absolute Gasteiger partial charge is 0.514 e. The predicted octanol–water partition coefficient (Wildman–Crippen LogP) is 3.93. The van der Waals surface area contributed by atoms with Crippen LogP contribution in [0.3, 0.4) is 0 Å². The highest BCUT2D eigenvalue weighted by atomic mass is 16.7. The Kier molecular flexibility index (Phi) is 11.7. The quantitative estimate of drug-likeness (QED) is 0.261. The molecule has 1 rings (SSSR count). The van der Waals surface area contributed by atoms with Gasteiger partial charge in [0, 0.05) is 12.8 Å². The van der Waals surface area contributed by atoms with Crippen molar-refractivity contribution in [1.29, 1.82) is 0 Å². The van der Waals surface area contributed by atoms with E-state index in [4.69, 9.17) is 34.2 Å². The van der Waals surface area contributed by atoms with Crippen LogP contribution in [0, 0.1) is 5.92 Å². The van der Waals surface area contributed by atoms with Crippen LogP contribution >= 0.6 is 0 Å². The first-order chi connectivity index (χ1) is 16.7. The van der Waals surface area contributed by atoms with Crippen molar-refractivity contribution in [1.82, 2.24) is 0 Å². The molecule has 11 nitrogen and oxygen atoms in total. The van der Waals surface area contributed by atoms with E-state index in [1.165, 1.54) is 25.3 Å². The van der Waals surface area contributed by atoms with Gasteiger partial charge in [-0.15, -0.1) is 0 Å². The third-order valence-corrected chi connectivity index (χ3v) is 4.61. The molecule has 1 aromatic rings. The van der Waals surface area contributed by atoms with Crippen LogP contribution in [0.25, 0.3) is 0 Å². The van der Waals surface area contributed by atoms with Crippen molar-refractivity contribution in [3.05, 3.63) is 23.8 Å². The first-order valence-electron chi connectivity index (χ1n) is 11.6. The molecule has 1 aromatic carbocycles. The van der Waals surface area contributed by atoms with Crippen LogP contribution in [0.15, 0.2) is 18.2 Å². The number of benzene rings is 1. The summed E-state index contributed by atoms with van der Waals surface area (Å²) in [6.07, 6.45) is -3.71. The van der Waals surface area contributed by atoms with Gasteiger partial charge in [0.05, 0.1) is 25.2 Å². The molecule has 36 heavy (non-hydrogen) atoms. The van der Waals surface area contributed by atoms with Gasteiger partial charge in [0.2, 0.25) is 0 Å². The molecule has 2 N–H and O–H groups in total. The molecule has 0 fully saturated rings. The van der Waals surface area contributed by atoms with E-state index >= 15 is 0 Å². The second kappa shape index (κ2) is 13.7. The number of esters is 2. The highest BCUT2D eigenvalue weighted by molar-refractivity contribution is 5.81. The van der Waals surface area contributed by atoms with Gasteiger partial charge in [-0.1, -0.05) is 19.9 Å². The number of rotatable bonds is 11. The fourth-order valence-corrected chi connectivity index (χ4v) is 3.12. The Bertz CT molecular complexity index is 927. The molecule has 1 unspecified atom stereocenters. The minimum absolute atomic E-state index is 0.0390. The molecular weight excluding hydrogens is 474 g/mol. The van der Waals surface area contributed by atoms with Crippen LogP contribution in [0.4, 0.5) is 9.59 Å². The molecule has 11 heteroatoms. The van der Waals surface area contributed by atoms with Gasteiger partial charge in [0.25, 0.3) is 0 Å². The van der Waals surface area contributed by atoms with Crippen molar-refractivity contribution in [2.24, 2.45) is 11.7 Å². The summed E-state index contributed by atoms with van der Waals surface area (Å²) in [4.78, 5) is 48.7. The summed E-state index contributed by atoms with van der Waals surface area (Å²) in [6, 6.07) is 4.29. The molecule has 0 bridgehead atoms. The van der Waals surface area contributed by atoms with Gasteiger partial charge in [0.1, 0.15) is 11.6 Å². The lowest BCUT2D eigenvalue weighted by molar-refractivity contribution is -0.157. The molecule has 202 valence electrons. The monoisotopic (exact) mass is 511 g/mol. The van der Waals surface area contributed by atoms with Gasteiger partial charge in [-0.05, 0) is 52.3 Å². The lowest BCUT2D eigenvalue weighted by Crippen LogP contribution is -2.53. The average Bonchev–Trinajstić information content (AvgIpc) is 2.73. The topological polar surface area (TPSA) is 150 Å². The van der Waals surface area contributed by atoms with Gasteiger partial charge in [-0.25, -0.2) is 9.59 Å². The summed E-state index contributed by atoms with van der Waals surface area (Å²) in [5.41, 5.74) is 5.29. The minimum Gasteiger partial charge on any atom is -0.468 e. The summed E-state index contributed by atoms with van der Waals surface area (Å²) in [5, 5.41) is 0. The van der Waals surface area contributed by atoms with Crippen LogP contribution in [0.2, 0.25) is 0 Å². The van der Waals surface area contributed by atoms with Gasteiger partial charge in [-0.2, -0.15) is 0 Å². The van der Waals surface area contributed by atoms with Crippen molar-refractivity contribution < 1.29 is 47.6 Å². The molecule has 0 radical (unpaired) electrons. The summed E-state index contributed by atoms with van der Waals surface area (Å²) >= 11 is 0. The second-order valence-electron chi connectivity index (χ2n) is 9.25. The second-order valence-corrected chi connectivity index (χ2v) is 9.25. The van der Waals surface area contributed by atoms with Gasteiger partial charge in [0.15, 0.2) is 11.5 Å². The number of hydrogen-bond acceptors (Lipinski definition) is 11. The smallest absolute Gasteiger partial charge is 0.468 e.